The number of thiophene rings is 1. The molecule has 30 heavy (non-hydrogen) atoms. The number of carbonyl (C=O) groups is 2. The van der Waals surface area contributed by atoms with Crippen LogP contribution in [0.3, 0.4) is 0 Å². The van der Waals surface area contributed by atoms with E-state index in [1.54, 1.807) is 28.4 Å². The fraction of sp³-hybridized carbons (Fsp3) is 0.455. The first-order valence-electron chi connectivity index (χ1n) is 10.2. The first-order valence-corrected chi connectivity index (χ1v) is 11.4. The van der Waals surface area contributed by atoms with Crippen LogP contribution >= 0.6 is 22.9 Å². The van der Waals surface area contributed by atoms with Gasteiger partial charge in [0.05, 0.1) is 6.04 Å². The summed E-state index contributed by atoms with van der Waals surface area (Å²) < 4.78 is 6.00. The van der Waals surface area contributed by atoms with Gasteiger partial charge in [-0.3, -0.25) is 4.79 Å². The van der Waals surface area contributed by atoms with E-state index in [9.17, 15) is 9.59 Å². The fourth-order valence-corrected chi connectivity index (χ4v) is 4.61. The highest BCUT2D eigenvalue weighted by molar-refractivity contribution is 7.10. The van der Waals surface area contributed by atoms with Crippen LogP contribution in [0.1, 0.15) is 37.3 Å². The molecule has 0 fully saturated rings. The van der Waals surface area contributed by atoms with Gasteiger partial charge in [-0.25, -0.2) is 4.79 Å². The van der Waals surface area contributed by atoms with Gasteiger partial charge in [0.2, 0.25) is 5.91 Å². The van der Waals surface area contributed by atoms with Crippen LogP contribution in [-0.4, -0.2) is 54.0 Å². The Hall–Kier alpha value is -2.25. The summed E-state index contributed by atoms with van der Waals surface area (Å²) in [6.07, 6.45) is 0.818. The number of hydrogen-bond acceptors (Lipinski definition) is 4. The second-order valence-electron chi connectivity index (χ2n) is 7.47. The normalized spacial score (nSPS) is 15.6. The Bertz CT molecular complexity index is 869. The Morgan fingerprint density at radius 2 is 2.03 bits per heavy atom. The largest absolute Gasteiger partial charge is 0.491 e. The van der Waals surface area contributed by atoms with Crippen LogP contribution in [-0.2, 0) is 11.2 Å². The SMILES string of the molecule is CCNC(=O)N(CC(=O)N1CCc2sccc2[C@H]1COc1ccc(Cl)cc1)C(C)C. The smallest absolute Gasteiger partial charge is 0.318 e. The minimum absolute atomic E-state index is 0.0421. The van der Waals surface area contributed by atoms with Crippen molar-refractivity contribution in [2.45, 2.75) is 39.3 Å². The zero-order valence-corrected chi connectivity index (χ0v) is 19.1. The highest BCUT2D eigenvalue weighted by atomic mass is 35.5. The van der Waals surface area contributed by atoms with Crippen LogP contribution in [0.15, 0.2) is 35.7 Å². The predicted octanol–water partition coefficient (Wildman–Crippen LogP) is 4.35. The number of nitrogens with one attached hydrogen (secondary N) is 1. The van der Waals surface area contributed by atoms with Gasteiger partial charge in [-0.1, -0.05) is 11.6 Å². The maximum Gasteiger partial charge on any atom is 0.318 e. The average Bonchev–Trinajstić information content (AvgIpc) is 3.20. The number of hydrogen-bond donors (Lipinski definition) is 1. The minimum atomic E-state index is -0.219. The number of rotatable bonds is 7. The summed E-state index contributed by atoms with van der Waals surface area (Å²) in [7, 11) is 0. The molecule has 162 valence electrons. The number of carbonyl (C=O) groups excluding carboxylic acids is 2. The van der Waals surface area contributed by atoms with Crippen molar-refractivity contribution in [2.24, 2.45) is 0 Å². The molecule has 0 spiro atoms. The van der Waals surface area contributed by atoms with Crippen LogP contribution in [0.5, 0.6) is 5.75 Å². The maximum absolute atomic E-state index is 13.3. The lowest BCUT2D eigenvalue weighted by Gasteiger charge is -2.37. The van der Waals surface area contributed by atoms with Gasteiger partial charge in [0.25, 0.3) is 0 Å². The van der Waals surface area contributed by atoms with Gasteiger partial charge < -0.3 is 19.9 Å². The van der Waals surface area contributed by atoms with Crippen molar-refractivity contribution in [2.75, 3.05) is 26.2 Å². The summed E-state index contributed by atoms with van der Waals surface area (Å²) in [5.74, 6) is 0.636. The second-order valence-corrected chi connectivity index (χ2v) is 8.91. The van der Waals surface area contributed by atoms with Crippen molar-refractivity contribution >= 4 is 34.9 Å². The number of benzene rings is 1. The third kappa shape index (κ3) is 5.26. The van der Waals surface area contributed by atoms with Crippen LogP contribution in [0, 0.1) is 0 Å². The van der Waals surface area contributed by atoms with Gasteiger partial charge in [-0.2, -0.15) is 0 Å². The molecule has 1 aromatic heterocycles. The third-order valence-electron chi connectivity index (χ3n) is 5.15. The minimum Gasteiger partial charge on any atom is -0.491 e. The second kappa shape index (κ2) is 10.2. The van der Waals surface area contributed by atoms with E-state index in [1.165, 1.54) is 4.88 Å². The summed E-state index contributed by atoms with van der Waals surface area (Å²) in [6.45, 7) is 7.22. The van der Waals surface area contributed by atoms with Crippen molar-refractivity contribution in [3.63, 3.8) is 0 Å². The molecule has 3 rings (SSSR count). The van der Waals surface area contributed by atoms with Crippen LogP contribution < -0.4 is 10.1 Å². The van der Waals surface area contributed by atoms with E-state index in [0.29, 0.717) is 30.5 Å². The Morgan fingerprint density at radius 3 is 2.70 bits per heavy atom. The summed E-state index contributed by atoms with van der Waals surface area (Å²) in [5, 5.41) is 5.50. The van der Waals surface area contributed by atoms with E-state index in [2.05, 4.69) is 16.8 Å². The number of fused-ring (bicyclic) bond motifs is 1. The van der Waals surface area contributed by atoms with E-state index >= 15 is 0 Å². The molecule has 0 unspecified atom stereocenters. The van der Waals surface area contributed by atoms with Gasteiger partial charge in [-0.15, -0.1) is 11.3 Å². The quantitative estimate of drug-likeness (QED) is 0.683. The molecule has 0 bridgehead atoms. The van der Waals surface area contributed by atoms with Gasteiger partial charge in [0.15, 0.2) is 0 Å². The molecule has 0 aliphatic carbocycles. The van der Waals surface area contributed by atoms with Crippen LogP contribution in [0.25, 0.3) is 0 Å². The predicted molar refractivity (Wildman–Crippen MR) is 120 cm³/mol. The Labute approximate surface area is 186 Å². The molecule has 0 saturated heterocycles. The Balaban J connectivity index is 1.76. The van der Waals surface area contributed by atoms with Crippen molar-refractivity contribution in [3.8, 4) is 5.75 Å². The maximum atomic E-state index is 13.3. The zero-order valence-electron chi connectivity index (χ0n) is 17.6. The van der Waals surface area contributed by atoms with Crippen molar-refractivity contribution in [1.29, 1.82) is 0 Å². The molecule has 0 radical (unpaired) electrons. The van der Waals surface area contributed by atoms with Gasteiger partial charge in [0, 0.05) is 29.0 Å². The molecule has 3 amide bonds. The molecular formula is C22H28ClN3O3S. The summed E-state index contributed by atoms with van der Waals surface area (Å²) in [4.78, 5) is 30.4. The lowest BCUT2D eigenvalue weighted by Crippen LogP contribution is -2.51. The summed E-state index contributed by atoms with van der Waals surface area (Å²) in [5.41, 5.74) is 1.13. The number of nitrogens with zero attached hydrogens (tertiary/aromatic N) is 2. The van der Waals surface area contributed by atoms with Gasteiger partial charge >= 0.3 is 6.03 Å². The molecule has 6 nitrogen and oxygen atoms in total. The summed E-state index contributed by atoms with van der Waals surface area (Å²) in [6, 6.07) is 8.79. The molecule has 2 heterocycles. The first-order chi connectivity index (χ1) is 14.4. The number of halogens is 1. The molecule has 1 N–H and O–H groups in total. The highest BCUT2D eigenvalue weighted by Gasteiger charge is 2.33. The topological polar surface area (TPSA) is 61.9 Å². The van der Waals surface area contributed by atoms with Crippen molar-refractivity contribution in [1.82, 2.24) is 15.1 Å². The van der Waals surface area contributed by atoms with Crippen LogP contribution in [0.4, 0.5) is 4.79 Å². The number of urea groups is 1. The summed E-state index contributed by atoms with van der Waals surface area (Å²) >= 11 is 7.67. The molecule has 1 atom stereocenters. The lowest BCUT2D eigenvalue weighted by atomic mass is 10.0. The lowest BCUT2D eigenvalue weighted by molar-refractivity contribution is -0.135. The molecular weight excluding hydrogens is 422 g/mol. The highest BCUT2D eigenvalue weighted by Crippen LogP contribution is 2.34. The third-order valence-corrected chi connectivity index (χ3v) is 6.40. The Morgan fingerprint density at radius 1 is 1.30 bits per heavy atom. The molecule has 0 saturated carbocycles. The Kier molecular flexibility index (Phi) is 7.61. The first kappa shape index (κ1) is 22.4. The van der Waals surface area contributed by atoms with E-state index in [-0.39, 0.29) is 30.6 Å². The van der Waals surface area contributed by atoms with E-state index in [1.807, 2.05) is 37.8 Å². The standard InChI is InChI=1S/C22H28ClN3O3S/c1-4-24-22(28)26(15(2)3)13-21(27)25-11-9-20-18(10-12-30-20)19(25)14-29-17-7-5-16(23)6-8-17/h5-8,10,12,15,19H,4,9,11,13-14H2,1-3H3,(H,24,28)/t19-/m1/s1. The molecule has 2 aromatic rings. The van der Waals surface area contributed by atoms with Gasteiger partial charge in [0.1, 0.15) is 18.9 Å². The van der Waals surface area contributed by atoms with E-state index < -0.39 is 0 Å². The zero-order chi connectivity index (χ0) is 21.7. The van der Waals surface area contributed by atoms with Crippen molar-refractivity contribution < 1.29 is 14.3 Å². The van der Waals surface area contributed by atoms with Gasteiger partial charge in [-0.05, 0) is 68.5 Å². The van der Waals surface area contributed by atoms with Crippen molar-refractivity contribution in [3.05, 3.63) is 51.2 Å². The number of amides is 3. The van der Waals surface area contributed by atoms with Crippen LogP contribution in [0.2, 0.25) is 5.02 Å². The monoisotopic (exact) mass is 449 g/mol. The molecule has 1 aliphatic rings. The number of ether oxygens (including phenoxy) is 1. The van der Waals surface area contributed by atoms with E-state index in [4.69, 9.17) is 16.3 Å². The average molecular weight is 450 g/mol. The van der Waals surface area contributed by atoms with E-state index in [0.717, 1.165) is 12.0 Å². The molecule has 1 aliphatic heterocycles. The fourth-order valence-electron chi connectivity index (χ4n) is 3.56. The molecule has 1 aromatic carbocycles. The molecule has 8 heteroatoms.